The van der Waals surface area contributed by atoms with Crippen molar-refractivity contribution < 1.29 is 14.4 Å². The zero-order valence-electron chi connectivity index (χ0n) is 13.4. The van der Waals surface area contributed by atoms with Gasteiger partial charge in [0, 0.05) is 18.2 Å². The molecule has 0 saturated carbocycles. The summed E-state index contributed by atoms with van der Waals surface area (Å²) < 4.78 is 5.12. The van der Waals surface area contributed by atoms with Crippen LogP contribution in [0.15, 0.2) is 27.5 Å². The molecule has 2 N–H and O–H groups in total. The van der Waals surface area contributed by atoms with Crippen LogP contribution in [0, 0.1) is 13.8 Å². The molecular weight excluding hydrogens is 310 g/mol. The van der Waals surface area contributed by atoms with Gasteiger partial charge in [0.25, 0.3) is 5.56 Å². The van der Waals surface area contributed by atoms with Gasteiger partial charge in [-0.15, -0.1) is 0 Å². The van der Waals surface area contributed by atoms with E-state index < -0.39 is 5.97 Å². The normalized spacial score (nSPS) is 11.1. The van der Waals surface area contributed by atoms with Crippen molar-refractivity contribution in [2.45, 2.75) is 33.1 Å². The number of benzene rings is 1. The van der Waals surface area contributed by atoms with Crippen LogP contribution in [0.4, 0.5) is 0 Å². The van der Waals surface area contributed by atoms with Gasteiger partial charge in [0.15, 0.2) is 0 Å². The zero-order valence-corrected chi connectivity index (χ0v) is 13.4. The topological polar surface area (TPSA) is 109 Å². The monoisotopic (exact) mass is 327 g/mol. The quantitative estimate of drug-likeness (QED) is 0.745. The molecule has 3 rings (SSSR count). The molecule has 0 aliphatic rings. The smallest absolute Gasteiger partial charge is 0.303 e. The number of pyridine rings is 1. The number of H-pyrrole nitrogens is 1. The Bertz CT molecular complexity index is 972. The fourth-order valence-corrected chi connectivity index (χ4v) is 2.60. The number of hydrogen-bond donors (Lipinski definition) is 2. The average molecular weight is 327 g/mol. The van der Waals surface area contributed by atoms with E-state index in [1.165, 1.54) is 0 Å². The molecule has 7 heteroatoms. The highest BCUT2D eigenvalue weighted by Crippen LogP contribution is 2.23. The highest BCUT2D eigenvalue weighted by molar-refractivity contribution is 5.87. The zero-order chi connectivity index (χ0) is 17.3. The molecule has 24 heavy (non-hydrogen) atoms. The SMILES string of the molecule is Cc1ccc(C)c2[nH]c(=O)c(-c3noc(CCCC(=O)O)n3)cc12. The van der Waals surface area contributed by atoms with E-state index in [-0.39, 0.29) is 17.8 Å². The summed E-state index contributed by atoms with van der Waals surface area (Å²) in [6, 6.07) is 5.72. The van der Waals surface area contributed by atoms with E-state index in [1.807, 2.05) is 26.0 Å². The fourth-order valence-electron chi connectivity index (χ4n) is 2.60. The van der Waals surface area contributed by atoms with Crippen molar-refractivity contribution in [2.75, 3.05) is 0 Å². The van der Waals surface area contributed by atoms with E-state index in [1.54, 1.807) is 6.07 Å². The molecule has 2 aromatic heterocycles. The van der Waals surface area contributed by atoms with Crippen LogP contribution in [0.3, 0.4) is 0 Å². The molecule has 0 spiro atoms. The van der Waals surface area contributed by atoms with Crippen LogP contribution in [0.5, 0.6) is 0 Å². The molecule has 0 atom stereocenters. The number of aliphatic carboxylic acids is 1. The maximum Gasteiger partial charge on any atom is 0.303 e. The van der Waals surface area contributed by atoms with Crippen molar-refractivity contribution in [3.8, 4) is 11.4 Å². The van der Waals surface area contributed by atoms with Crippen molar-refractivity contribution in [1.82, 2.24) is 15.1 Å². The number of carboxylic acids is 1. The molecule has 0 unspecified atom stereocenters. The van der Waals surface area contributed by atoms with E-state index in [2.05, 4.69) is 15.1 Å². The van der Waals surface area contributed by atoms with Gasteiger partial charge in [-0.2, -0.15) is 4.98 Å². The number of nitrogens with one attached hydrogen (secondary N) is 1. The van der Waals surface area contributed by atoms with Gasteiger partial charge in [-0.05, 0) is 37.5 Å². The second kappa shape index (κ2) is 6.27. The van der Waals surface area contributed by atoms with Crippen molar-refractivity contribution >= 4 is 16.9 Å². The Morgan fingerprint density at radius 1 is 1.29 bits per heavy atom. The summed E-state index contributed by atoms with van der Waals surface area (Å²) in [5, 5.41) is 13.4. The molecule has 0 aliphatic heterocycles. The Morgan fingerprint density at radius 2 is 2.04 bits per heavy atom. The summed E-state index contributed by atoms with van der Waals surface area (Å²) in [4.78, 5) is 30.0. The summed E-state index contributed by atoms with van der Waals surface area (Å²) in [7, 11) is 0. The third-order valence-electron chi connectivity index (χ3n) is 3.93. The minimum Gasteiger partial charge on any atom is -0.481 e. The number of rotatable bonds is 5. The second-order valence-electron chi connectivity index (χ2n) is 5.76. The lowest BCUT2D eigenvalue weighted by Gasteiger charge is -2.06. The molecule has 1 aromatic carbocycles. The van der Waals surface area contributed by atoms with Gasteiger partial charge >= 0.3 is 5.97 Å². The number of nitrogens with zero attached hydrogens (tertiary/aromatic N) is 2. The maximum absolute atomic E-state index is 12.4. The first-order valence-corrected chi connectivity index (χ1v) is 7.63. The Labute approximate surface area is 137 Å². The summed E-state index contributed by atoms with van der Waals surface area (Å²) in [5.74, 6) is -0.331. The predicted octanol–water partition coefficient (Wildman–Crippen LogP) is 2.60. The van der Waals surface area contributed by atoms with E-state index >= 15 is 0 Å². The molecule has 0 radical (unpaired) electrons. The third kappa shape index (κ3) is 3.05. The predicted molar refractivity (Wildman–Crippen MR) is 87.9 cm³/mol. The summed E-state index contributed by atoms with van der Waals surface area (Å²) >= 11 is 0. The van der Waals surface area contributed by atoms with Gasteiger partial charge in [-0.3, -0.25) is 9.59 Å². The van der Waals surface area contributed by atoms with Crippen LogP contribution in [-0.2, 0) is 11.2 Å². The Balaban J connectivity index is 1.96. The number of aryl methyl sites for hydroxylation is 3. The molecular formula is C17H17N3O4. The minimum atomic E-state index is -0.869. The van der Waals surface area contributed by atoms with Crippen molar-refractivity contribution in [3.63, 3.8) is 0 Å². The molecule has 0 bridgehead atoms. The van der Waals surface area contributed by atoms with Crippen LogP contribution in [0.25, 0.3) is 22.3 Å². The third-order valence-corrected chi connectivity index (χ3v) is 3.93. The number of hydrogen-bond acceptors (Lipinski definition) is 5. The highest BCUT2D eigenvalue weighted by atomic mass is 16.5. The van der Waals surface area contributed by atoms with Crippen LogP contribution in [0.1, 0.15) is 29.9 Å². The van der Waals surface area contributed by atoms with E-state index in [0.717, 1.165) is 22.0 Å². The van der Waals surface area contributed by atoms with E-state index in [9.17, 15) is 9.59 Å². The number of aromatic amines is 1. The molecule has 3 aromatic rings. The number of aromatic nitrogens is 3. The highest BCUT2D eigenvalue weighted by Gasteiger charge is 2.14. The average Bonchev–Trinajstić information content (AvgIpc) is 2.99. The Morgan fingerprint density at radius 3 is 2.79 bits per heavy atom. The number of fused-ring (bicyclic) bond motifs is 1. The van der Waals surface area contributed by atoms with E-state index in [4.69, 9.17) is 9.63 Å². The van der Waals surface area contributed by atoms with E-state index in [0.29, 0.717) is 24.3 Å². The first-order valence-electron chi connectivity index (χ1n) is 7.63. The van der Waals surface area contributed by atoms with Crippen LogP contribution < -0.4 is 5.56 Å². The molecule has 7 nitrogen and oxygen atoms in total. The van der Waals surface area contributed by atoms with Gasteiger partial charge in [-0.25, -0.2) is 0 Å². The first-order chi connectivity index (χ1) is 11.5. The fraction of sp³-hybridized carbons (Fsp3) is 0.294. The van der Waals surface area contributed by atoms with Crippen LogP contribution in [-0.4, -0.2) is 26.2 Å². The van der Waals surface area contributed by atoms with Gasteiger partial charge in [0.05, 0.1) is 11.1 Å². The lowest BCUT2D eigenvalue weighted by Crippen LogP contribution is -2.10. The summed E-state index contributed by atoms with van der Waals surface area (Å²) in [6.07, 6.45) is 0.805. The van der Waals surface area contributed by atoms with Gasteiger partial charge < -0.3 is 14.6 Å². The maximum atomic E-state index is 12.4. The molecule has 0 saturated heterocycles. The minimum absolute atomic E-state index is 0.0345. The Kier molecular flexibility index (Phi) is 4.16. The van der Waals surface area contributed by atoms with Crippen molar-refractivity contribution in [3.05, 3.63) is 45.6 Å². The molecule has 0 amide bonds. The Hall–Kier alpha value is -2.96. The second-order valence-corrected chi connectivity index (χ2v) is 5.76. The van der Waals surface area contributed by atoms with Gasteiger partial charge in [0.1, 0.15) is 0 Å². The van der Waals surface area contributed by atoms with Gasteiger partial charge in [0.2, 0.25) is 11.7 Å². The molecule has 2 heterocycles. The largest absolute Gasteiger partial charge is 0.481 e. The number of carboxylic acid groups (broad SMARTS) is 1. The number of carbonyl (C=O) groups is 1. The van der Waals surface area contributed by atoms with Crippen molar-refractivity contribution in [1.29, 1.82) is 0 Å². The van der Waals surface area contributed by atoms with Gasteiger partial charge in [-0.1, -0.05) is 17.3 Å². The molecule has 0 aliphatic carbocycles. The van der Waals surface area contributed by atoms with Crippen LogP contribution >= 0.6 is 0 Å². The molecule has 124 valence electrons. The first kappa shape index (κ1) is 15.9. The standard InChI is InChI=1S/C17H17N3O4/c1-9-6-7-10(2)15-11(9)8-12(17(23)19-15)16-18-13(24-20-16)4-3-5-14(21)22/h6-8H,3-5H2,1-2H3,(H,19,23)(H,21,22). The van der Waals surface area contributed by atoms with Crippen LogP contribution in [0.2, 0.25) is 0 Å². The lowest BCUT2D eigenvalue weighted by atomic mass is 10.0. The van der Waals surface area contributed by atoms with Crippen molar-refractivity contribution in [2.24, 2.45) is 0 Å². The lowest BCUT2D eigenvalue weighted by molar-refractivity contribution is -0.137. The summed E-state index contributed by atoms with van der Waals surface area (Å²) in [6.45, 7) is 3.91. The molecule has 0 fully saturated rings. The summed E-state index contributed by atoms with van der Waals surface area (Å²) in [5.41, 5.74) is 2.88.